The van der Waals surface area contributed by atoms with Gasteiger partial charge in [-0.25, -0.2) is 8.78 Å². The third-order valence-electron chi connectivity index (χ3n) is 4.06. The van der Waals surface area contributed by atoms with Gasteiger partial charge in [0, 0.05) is 24.2 Å². The fraction of sp³-hybridized carbons (Fsp3) is 0.167. The molecule has 10 heteroatoms. The zero-order valence-corrected chi connectivity index (χ0v) is 15.4. The quantitative estimate of drug-likeness (QED) is 0.836. The van der Waals surface area contributed by atoms with E-state index in [0.717, 1.165) is 12.1 Å². The largest absolute Gasteiger partial charge is 0.349 e. The van der Waals surface area contributed by atoms with Gasteiger partial charge in [-0.05, 0) is 18.2 Å². The average Bonchev–Trinajstić information content (AvgIpc) is 2.92. The van der Waals surface area contributed by atoms with Crippen molar-refractivity contribution in [1.82, 2.24) is 10.2 Å². The number of hydrogen-bond acceptors (Lipinski definition) is 5. The van der Waals surface area contributed by atoms with Crippen molar-refractivity contribution in [2.24, 2.45) is 4.40 Å². The Labute approximate surface area is 160 Å². The van der Waals surface area contributed by atoms with E-state index in [-0.39, 0.29) is 22.8 Å². The molecule has 2 aromatic rings. The van der Waals surface area contributed by atoms with Gasteiger partial charge >= 0.3 is 0 Å². The molecule has 1 aliphatic rings. The summed E-state index contributed by atoms with van der Waals surface area (Å²) >= 11 is 0. The summed E-state index contributed by atoms with van der Waals surface area (Å²) in [6.07, 6.45) is 0. The molecule has 2 aromatic carbocycles. The number of amidine groups is 1. The number of amides is 1. The fourth-order valence-corrected chi connectivity index (χ4v) is 4.03. The van der Waals surface area contributed by atoms with Crippen molar-refractivity contribution in [3.05, 3.63) is 65.2 Å². The molecule has 1 heterocycles. The van der Waals surface area contributed by atoms with E-state index in [1.54, 1.807) is 24.3 Å². The lowest BCUT2D eigenvalue weighted by Crippen LogP contribution is -2.39. The topological polar surface area (TPSA) is 103 Å². The van der Waals surface area contributed by atoms with Crippen molar-refractivity contribution < 1.29 is 22.0 Å². The predicted molar refractivity (Wildman–Crippen MR) is 95.6 cm³/mol. The van der Waals surface area contributed by atoms with Crippen LogP contribution in [0.15, 0.2) is 51.8 Å². The van der Waals surface area contributed by atoms with E-state index in [0.29, 0.717) is 11.6 Å². The molecule has 0 fully saturated rings. The molecule has 7 nitrogen and oxygen atoms in total. The average molecular weight is 404 g/mol. The molecule has 0 aliphatic carbocycles. The van der Waals surface area contributed by atoms with Crippen molar-refractivity contribution in [2.45, 2.75) is 10.9 Å². The molecule has 0 saturated carbocycles. The standard InChI is InChI=1S/C18H14F2N4O3S/c1-24(18-13-4-2-3-5-16(13)28(26,27)23-18)10-17(25)22-15(9-21)12-7-6-11(19)8-14(12)20/h2-8,15H,10H2,1H3,(H,22,25). The minimum absolute atomic E-state index is 0.0422. The van der Waals surface area contributed by atoms with Crippen LogP contribution in [-0.2, 0) is 14.8 Å². The molecule has 1 amide bonds. The van der Waals surface area contributed by atoms with Crippen molar-refractivity contribution in [3.63, 3.8) is 0 Å². The number of likely N-dealkylation sites (N-methyl/N-ethyl adjacent to an activating group) is 1. The van der Waals surface area contributed by atoms with E-state index in [9.17, 15) is 27.3 Å². The number of carbonyl (C=O) groups is 1. The first-order valence-corrected chi connectivity index (χ1v) is 9.46. The lowest BCUT2D eigenvalue weighted by atomic mass is 10.1. The van der Waals surface area contributed by atoms with Crippen LogP contribution in [0.3, 0.4) is 0 Å². The number of rotatable bonds is 4. The molecule has 0 spiro atoms. The number of nitrogens with one attached hydrogen (secondary N) is 1. The van der Waals surface area contributed by atoms with Gasteiger partial charge in [0.1, 0.15) is 22.6 Å². The zero-order valence-electron chi connectivity index (χ0n) is 14.6. The maximum absolute atomic E-state index is 13.9. The van der Waals surface area contributed by atoms with Gasteiger partial charge in [-0.2, -0.15) is 13.7 Å². The molecule has 0 radical (unpaired) electrons. The van der Waals surface area contributed by atoms with Gasteiger partial charge in [0.25, 0.3) is 10.0 Å². The highest BCUT2D eigenvalue weighted by Crippen LogP contribution is 2.27. The summed E-state index contributed by atoms with van der Waals surface area (Å²) in [5.74, 6) is -2.34. The summed E-state index contributed by atoms with van der Waals surface area (Å²) in [4.78, 5) is 13.7. The number of sulfonamides is 1. The van der Waals surface area contributed by atoms with Crippen LogP contribution in [0, 0.1) is 23.0 Å². The van der Waals surface area contributed by atoms with E-state index in [4.69, 9.17) is 0 Å². The number of nitrogens with zero attached hydrogens (tertiary/aromatic N) is 3. The second-order valence-corrected chi connectivity index (χ2v) is 7.61. The fourth-order valence-electron chi connectivity index (χ4n) is 2.78. The lowest BCUT2D eigenvalue weighted by Gasteiger charge is -2.20. The molecule has 1 unspecified atom stereocenters. The number of fused-ring (bicyclic) bond motifs is 1. The normalized spacial score (nSPS) is 15.1. The Morgan fingerprint density at radius 1 is 1.29 bits per heavy atom. The molecule has 0 aromatic heterocycles. The third kappa shape index (κ3) is 3.70. The second-order valence-electron chi connectivity index (χ2n) is 6.04. The predicted octanol–water partition coefficient (Wildman–Crippen LogP) is 1.73. The highest BCUT2D eigenvalue weighted by Gasteiger charge is 2.31. The van der Waals surface area contributed by atoms with Crippen LogP contribution in [0.4, 0.5) is 8.78 Å². The van der Waals surface area contributed by atoms with Gasteiger partial charge < -0.3 is 10.2 Å². The van der Waals surface area contributed by atoms with Crippen LogP contribution in [0.1, 0.15) is 17.2 Å². The minimum atomic E-state index is -3.84. The maximum atomic E-state index is 13.9. The van der Waals surface area contributed by atoms with Crippen LogP contribution in [-0.4, -0.2) is 38.7 Å². The molecule has 0 bridgehead atoms. The van der Waals surface area contributed by atoms with E-state index < -0.39 is 33.6 Å². The van der Waals surface area contributed by atoms with Gasteiger partial charge in [-0.1, -0.05) is 18.2 Å². The van der Waals surface area contributed by atoms with Gasteiger partial charge in [0.15, 0.2) is 5.84 Å². The van der Waals surface area contributed by atoms with Crippen LogP contribution in [0.25, 0.3) is 0 Å². The van der Waals surface area contributed by atoms with Gasteiger partial charge in [0.05, 0.1) is 12.6 Å². The summed E-state index contributed by atoms with van der Waals surface area (Å²) in [6, 6.07) is 9.28. The number of carbonyl (C=O) groups excluding carboxylic acids is 1. The molecule has 1 atom stereocenters. The van der Waals surface area contributed by atoms with Gasteiger partial charge in [-0.3, -0.25) is 4.79 Å². The van der Waals surface area contributed by atoms with Crippen LogP contribution in [0.2, 0.25) is 0 Å². The maximum Gasteiger partial charge on any atom is 0.285 e. The third-order valence-corrected chi connectivity index (χ3v) is 5.39. The van der Waals surface area contributed by atoms with Gasteiger partial charge in [0.2, 0.25) is 5.91 Å². The SMILES string of the molecule is CN(CC(=O)NC(C#N)c1ccc(F)cc1F)C1=NS(=O)(=O)c2ccccc21. The lowest BCUT2D eigenvalue weighted by molar-refractivity contribution is -0.121. The Bertz CT molecular complexity index is 1130. The van der Waals surface area contributed by atoms with Crippen LogP contribution < -0.4 is 5.32 Å². The van der Waals surface area contributed by atoms with Gasteiger partial charge in [-0.15, -0.1) is 4.40 Å². The summed E-state index contributed by atoms with van der Waals surface area (Å²) in [7, 11) is -2.37. The number of benzene rings is 2. The zero-order chi connectivity index (χ0) is 20.5. The minimum Gasteiger partial charge on any atom is -0.349 e. The Balaban J connectivity index is 1.75. The van der Waals surface area contributed by atoms with Crippen molar-refractivity contribution in [2.75, 3.05) is 13.6 Å². The highest BCUT2D eigenvalue weighted by molar-refractivity contribution is 7.90. The molecular weight excluding hydrogens is 390 g/mol. The second kappa shape index (κ2) is 7.36. The molecule has 144 valence electrons. The summed E-state index contributed by atoms with van der Waals surface area (Å²) < 4.78 is 54.8. The first kappa shape index (κ1) is 19.4. The van der Waals surface area contributed by atoms with E-state index in [1.165, 1.54) is 18.0 Å². The van der Waals surface area contributed by atoms with E-state index in [2.05, 4.69) is 9.71 Å². The smallest absolute Gasteiger partial charge is 0.285 e. The Hall–Kier alpha value is -3.32. The summed E-state index contributed by atoms with van der Waals surface area (Å²) in [5.41, 5.74) is 0.185. The van der Waals surface area contributed by atoms with Crippen LogP contribution in [0.5, 0.6) is 0 Å². The first-order valence-electron chi connectivity index (χ1n) is 8.02. The van der Waals surface area contributed by atoms with E-state index in [1.807, 2.05) is 0 Å². The number of hydrogen-bond donors (Lipinski definition) is 1. The molecule has 3 rings (SSSR count). The van der Waals surface area contributed by atoms with Crippen molar-refractivity contribution >= 4 is 21.8 Å². The molecular formula is C18H14F2N4O3S. The van der Waals surface area contributed by atoms with E-state index >= 15 is 0 Å². The molecule has 1 N–H and O–H groups in total. The van der Waals surface area contributed by atoms with Crippen molar-refractivity contribution in [3.8, 4) is 6.07 Å². The molecule has 0 saturated heterocycles. The summed E-state index contributed by atoms with van der Waals surface area (Å²) in [6.45, 7) is -0.330. The monoisotopic (exact) mass is 404 g/mol. The molecule has 1 aliphatic heterocycles. The summed E-state index contributed by atoms with van der Waals surface area (Å²) in [5, 5.41) is 11.6. The number of nitriles is 1. The number of halogens is 2. The Morgan fingerprint density at radius 3 is 2.68 bits per heavy atom. The Morgan fingerprint density at radius 2 is 2.00 bits per heavy atom. The Kier molecular flexibility index (Phi) is 5.11. The van der Waals surface area contributed by atoms with Crippen molar-refractivity contribution in [1.29, 1.82) is 5.26 Å². The molecule has 28 heavy (non-hydrogen) atoms. The first-order chi connectivity index (χ1) is 13.2. The highest BCUT2D eigenvalue weighted by atomic mass is 32.2. The van der Waals surface area contributed by atoms with Crippen LogP contribution >= 0.6 is 0 Å².